The molecule has 0 radical (unpaired) electrons. The summed E-state index contributed by atoms with van der Waals surface area (Å²) < 4.78 is 0.644. The van der Waals surface area contributed by atoms with Gasteiger partial charge in [-0.25, -0.2) is 4.98 Å². The predicted octanol–water partition coefficient (Wildman–Crippen LogP) is 2.57. The van der Waals surface area contributed by atoms with E-state index >= 15 is 0 Å². The molecule has 0 spiro atoms. The zero-order valence-electron chi connectivity index (χ0n) is 6.94. The number of thiazole rings is 1. The van der Waals surface area contributed by atoms with Crippen LogP contribution in [-0.4, -0.2) is 15.0 Å². The van der Waals surface area contributed by atoms with E-state index in [1.807, 2.05) is 13.1 Å². The molecule has 0 saturated heterocycles. The Bertz CT molecular complexity index is 452. The van der Waals surface area contributed by atoms with Crippen LogP contribution in [0.3, 0.4) is 0 Å². The van der Waals surface area contributed by atoms with Crippen LogP contribution in [0.5, 0.6) is 0 Å². The number of hydrogen-bond acceptors (Lipinski definition) is 4. The van der Waals surface area contributed by atoms with Crippen molar-refractivity contribution in [1.82, 2.24) is 15.0 Å². The van der Waals surface area contributed by atoms with E-state index < -0.39 is 0 Å². The molecule has 3 nitrogen and oxygen atoms in total. The van der Waals surface area contributed by atoms with E-state index in [0.29, 0.717) is 4.64 Å². The van der Waals surface area contributed by atoms with Crippen LogP contribution in [0.2, 0.25) is 0 Å². The fraction of sp³-hybridized carbons (Fsp3) is 0.125. The highest BCUT2D eigenvalue weighted by Gasteiger charge is 2.01. The van der Waals surface area contributed by atoms with Crippen LogP contribution in [0.1, 0.15) is 5.01 Å². The highest BCUT2D eigenvalue weighted by molar-refractivity contribution is 7.71. The number of aromatic amines is 1. The maximum Gasteiger partial charge on any atom is 0.121 e. The minimum atomic E-state index is 0.644. The van der Waals surface area contributed by atoms with E-state index in [-0.39, 0.29) is 0 Å². The van der Waals surface area contributed by atoms with E-state index in [1.54, 1.807) is 23.7 Å². The first-order chi connectivity index (χ1) is 6.25. The monoisotopic (exact) mass is 209 g/mol. The molecule has 0 aliphatic carbocycles. The molecule has 2 heterocycles. The zero-order valence-corrected chi connectivity index (χ0v) is 8.58. The maximum atomic E-state index is 4.90. The van der Waals surface area contributed by atoms with Gasteiger partial charge >= 0.3 is 0 Å². The van der Waals surface area contributed by atoms with Crippen molar-refractivity contribution in [2.45, 2.75) is 6.92 Å². The molecule has 0 saturated carbocycles. The van der Waals surface area contributed by atoms with Crippen molar-refractivity contribution in [1.29, 1.82) is 0 Å². The van der Waals surface area contributed by atoms with Gasteiger partial charge < -0.3 is 4.98 Å². The molecule has 13 heavy (non-hydrogen) atoms. The molecule has 2 aromatic heterocycles. The van der Waals surface area contributed by atoms with Crippen molar-refractivity contribution in [3.8, 4) is 10.6 Å². The summed E-state index contributed by atoms with van der Waals surface area (Å²) in [4.78, 5) is 12.3. The van der Waals surface area contributed by atoms with Gasteiger partial charge in [-0.3, -0.25) is 4.98 Å². The fourth-order valence-electron chi connectivity index (χ4n) is 0.957. The average Bonchev–Trinajstić information content (AvgIpc) is 2.53. The molecule has 0 fully saturated rings. The van der Waals surface area contributed by atoms with Crippen LogP contribution < -0.4 is 0 Å². The summed E-state index contributed by atoms with van der Waals surface area (Å²) in [5, 5.41) is 1.04. The lowest BCUT2D eigenvalue weighted by Gasteiger charge is -1.92. The molecule has 5 heteroatoms. The summed E-state index contributed by atoms with van der Waals surface area (Å²) in [6.45, 7) is 1.97. The molecule has 0 atom stereocenters. The van der Waals surface area contributed by atoms with Crippen molar-refractivity contribution < 1.29 is 0 Å². The van der Waals surface area contributed by atoms with Gasteiger partial charge in [0.25, 0.3) is 0 Å². The normalized spacial score (nSPS) is 10.2. The Hall–Kier alpha value is -1.07. The van der Waals surface area contributed by atoms with Gasteiger partial charge in [0.1, 0.15) is 4.64 Å². The van der Waals surface area contributed by atoms with Gasteiger partial charge in [-0.05, 0) is 6.92 Å². The standard InChI is InChI=1S/C8H7N3S2/c1-5-9-3-7(13-5)6-2-11-8(12)4-10-6/h2-4H,1H3,(H,11,12). The highest BCUT2D eigenvalue weighted by atomic mass is 32.1. The molecule has 0 aliphatic heterocycles. The largest absolute Gasteiger partial charge is 0.350 e. The van der Waals surface area contributed by atoms with E-state index in [2.05, 4.69) is 15.0 Å². The SMILES string of the molecule is Cc1ncc(-c2c[nH]c(=S)cn2)s1. The van der Waals surface area contributed by atoms with Gasteiger partial charge in [-0.1, -0.05) is 12.2 Å². The van der Waals surface area contributed by atoms with Crippen LogP contribution >= 0.6 is 23.6 Å². The van der Waals surface area contributed by atoms with Gasteiger partial charge in [0.15, 0.2) is 0 Å². The van der Waals surface area contributed by atoms with Gasteiger partial charge in [0.05, 0.1) is 21.8 Å². The van der Waals surface area contributed by atoms with Crippen LogP contribution in [0.25, 0.3) is 10.6 Å². The number of rotatable bonds is 1. The van der Waals surface area contributed by atoms with Crippen molar-refractivity contribution in [2.24, 2.45) is 0 Å². The molecule has 0 aliphatic rings. The van der Waals surface area contributed by atoms with Crippen LogP contribution in [0.4, 0.5) is 0 Å². The summed E-state index contributed by atoms with van der Waals surface area (Å²) in [5.74, 6) is 0. The fourth-order valence-corrected chi connectivity index (χ4v) is 1.81. The first-order valence-electron chi connectivity index (χ1n) is 3.73. The van der Waals surface area contributed by atoms with Gasteiger partial charge in [-0.2, -0.15) is 0 Å². The molecule has 1 N–H and O–H groups in total. The number of H-pyrrole nitrogens is 1. The lowest BCUT2D eigenvalue weighted by atomic mass is 10.4. The van der Waals surface area contributed by atoms with E-state index in [9.17, 15) is 0 Å². The summed E-state index contributed by atoms with van der Waals surface area (Å²) in [7, 11) is 0. The van der Waals surface area contributed by atoms with Crippen LogP contribution in [-0.2, 0) is 0 Å². The zero-order chi connectivity index (χ0) is 9.26. The van der Waals surface area contributed by atoms with Gasteiger partial charge in [-0.15, -0.1) is 11.3 Å². The lowest BCUT2D eigenvalue weighted by Crippen LogP contribution is -1.81. The number of aryl methyl sites for hydroxylation is 1. The second-order valence-corrected chi connectivity index (χ2v) is 4.21. The third-order valence-corrected chi connectivity index (χ3v) is 2.70. The Labute approximate surface area is 84.5 Å². The molecule has 0 bridgehead atoms. The minimum absolute atomic E-state index is 0.644. The van der Waals surface area contributed by atoms with Crippen LogP contribution in [0.15, 0.2) is 18.6 Å². The molecule has 2 aromatic rings. The molecule has 66 valence electrons. The summed E-state index contributed by atoms with van der Waals surface area (Å²) in [6.07, 6.45) is 5.26. The molecular weight excluding hydrogens is 202 g/mol. The van der Waals surface area contributed by atoms with E-state index in [4.69, 9.17) is 12.2 Å². The average molecular weight is 209 g/mol. The quantitative estimate of drug-likeness (QED) is 0.734. The topological polar surface area (TPSA) is 41.6 Å². The third-order valence-electron chi connectivity index (χ3n) is 1.55. The predicted molar refractivity (Wildman–Crippen MR) is 55.3 cm³/mol. The summed E-state index contributed by atoms with van der Waals surface area (Å²) >= 11 is 6.52. The van der Waals surface area contributed by atoms with Crippen LogP contribution in [0, 0.1) is 11.6 Å². The Balaban J connectivity index is 2.47. The second kappa shape index (κ2) is 3.35. The number of hydrogen-bond donors (Lipinski definition) is 1. The van der Waals surface area contributed by atoms with E-state index in [1.165, 1.54) is 0 Å². The lowest BCUT2D eigenvalue weighted by molar-refractivity contribution is 1.19. The Morgan fingerprint density at radius 2 is 2.23 bits per heavy atom. The molecule has 0 aromatic carbocycles. The van der Waals surface area contributed by atoms with E-state index in [0.717, 1.165) is 15.6 Å². The molecule has 2 rings (SSSR count). The smallest absolute Gasteiger partial charge is 0.121 e. The number of aromatic nitrogens is 3. The summed E-state index contributed by atoms with van der Waals surface area (Å²) in [5.41, 5.74) is 0.888. The number of nitrogens with zero attached hydrogens (tertiary/aromatic N) is 2. The minimum Gasteiger partial charge on any atom is -0.350 e. The Kier molecular flexibility index (Phi) is 2.20. The van der Waals surface area contributed by atoms with Gasteiger partial charge in [0, 0.05) is 12.4 Å². The first-order valence-corrected chi connectivity index (χ1v) is 4.96. The second-order valence-electron chi connectivity index (χ2n) is 2.54. The molecular formula is C8H7N3S2. The first kappa shape index (κ1) is 8.52. The van der Waals surface area contributed by atoms with Crippen molar-refractivity contribution in [3.63, 3.8) is 0 Å². The van der Waals surface area contributed by atoms with Crippen molar-refractivity contribution in [3.05, 3.63) is 28.2 Å². The Morgan fingerprint density at radius 3 is 2.77 bits per heavy atom. The summed E-state index contributed by atoms with van der Waals surface area (Å²) in [6, 6.07) is 0. The van der Waals surface area contributed by atoms with Crippen molar-refractivity contribution >= 4 is 23.6 Å². The van der Waals surface area contributed by atoms with Crippen molar-refractivity contribution in [2.75, 3.05) is 0 Å². The number of nitrogens with one attached hydrogen (secondary N) is 1. The molecule has 0 amide bonds. The third kappa shape index (κ3) is 1.81. The maximum absolute atomic E-state index is 4.90. The highest BCUT2D eigenvalue weighted by Crippen LogP contribution is 2.22. The Morgan fingerprint density at radius 1 is 1.38 bits per heavy atom. The molecule has 0 unspecified atom stereocenters. The van der Waals surface area contributed by atoms with Gasteiger partial charge in [0.2, 0.25) is 0 Å².